The maximum atomic E-state index is 14.2. The fourth-order valence-electron chi connectivity index (χ4n) is 4.85. The molecule has 0 saturated heterocycles. The van der Waals surface area contributed by atoms with Gasteiger partial charge in [-0.2, -0.15) is 0 Å². The molecule has 1 aliphatic rings. The van der Waals surface area contributed by atoms with Crippen molar-refractivity contribution in [2.45, 2.75) is 25.8 Å². The molecular formula is C30H28Cl2N4O2. The van der Waals surface area contributed by atoms with Crippen molar-refractivity contribution in [1.29, 1.82) is 0 Å². The fourth-order valence-corrected chi connectivity index (χ4v) is 5.20. The molecule has 0 bridgehead atoms. The molecule has 1 aromatic heterocycles. The van der Waals surface area contributed by atoms with E-state index in [1.165, 1.54) is 0 Å². The minimum atomic E-state index is -0.402. The number of nitrogens with one attached hydrogen (secondary N) is 1. The van der Waals surface area contributed by atoms with Crippen molar-refractivity contribution < 1.29 is 9.59 Å². The van der Waals surface area contributed by atoms with E-state index in [0.29, 0.717) is 17.3 Å². The van der Waals surface area contributed by atoms with Crippen molar-refractivity contribution in [3.63, 3.8) is 0 Å². The van der Waals surface area contributed by atoms with E-state index in [-0.39, 0.29) is 23.5 Å². The summed E-state index contributed by atoms with van der Waals surface area (Å²) < 4.78 is 2.12. The molecule has 0 radical (unpaired) electrons. The molecule has 0 fully saturated rings. The molecule has 5 rings (SSSR count). The van der Waals surface area contributed by atoms with Gasteiger partial charge in [-0.15, -0.1) is 0 Å². The second kappa shape index (κ2) is 11.3. The third kappa shape index (κ3) is 5.02. The first kappa shape index (κ1) is 25.9. The molecule has 8 heteroatoms. The highest BCUT2D eigenvalue weighted by molar-refractivity contribution is 6.44. The SMILES string of the molecule is CCCCN(CC(=O)N1c2ccccc2-n2cccc2C1c1ccccc1)C(=O)Nc1cccc(Cl)c1Cl. The predicted molar refractivity (Wildman–Crippen MR) is 154 cm³/mol. The summed E-state index contributed by atoms with van der Waals surface area (Å²) in [5, 5.41) is 3.45. The summed E-state index contributed by atoms with van der Waals surface area (Å²) in [5.74, 6) is -0.179. The number of carbonyl (C=O) groups excluding carboxylic acids is 2. The van der Waals surface area contributed by atoms with Crippen LogP contribution < -0.4 is 10.2 Å². The van der Waals surface area contributed by atoms with Crippen LogP contribution in [0.3, 0.4) is 0 Å². The lowest BCUT2D eigenvalue weighted by Crippen LogP contribution is -2.48. The van der Waals surface area contributed by atoms with Gasteiger partial charge in [-0.1, -0.05) is 85.1 Å². The van der Waals surface area contributed by atoms with Gasteiger partial charge >= 0.3 is 6.03 Å². The highest BCUT2D eigenvalue weighted by Crippen LogP contribution is 2.42. The Labute approximate surface area is 232 Å². The minimum absolute atomic E-state index is 0.0948. The zero-order valence-corrected chi connectivity index (χ0v) is 22.5. The number of para-hydroxylation sites is 2. The molecule has 0 spiro atoms. The van der Waals surface area contributed by atoms with Gasteiger partial charge in [-0.25, -0.2) is 4.79 Å². The molecule has 1 unspecified atom stereocenters. The van der Waals surface area contributed by atoms with Crippen molar-refractivity contribution in [2.24, 2.45) is 0 Å². The number of benzene rings is 3. The Morgan fingerprint density at radius 3 is 2.39 bits per heavy atom. The summed E-state index contributed by atoms with van der Waals surface area (Å²) in [7, 11) is 0. The molecule has 0 saturated carbocycles. The summed E-state index contributed by atoms with van der Waals surface area (Å²) in [6, 6.07) is 26.2. The molecule has 1 atom stereocenters. The van der Waals surface area contributed by atoms with E-state index in [1.807, 2.05) is 84.8 Å². The molecule has 6 nitrogen and oxygen atoms in total. The molecule has 3 aromatic carbocycles. The number of amides is 3. The maximum Gasteiger partial charge on any atom is 0.322 e. The lowest BCUT2D eigenvalue weighted by Gasteiger charge is -2.39. The molecular weight excluding hydrogens is 519 g/mol. The zero-order valence-electron chi connectivity index (χ0n) is 21.0. The summed E-state index contributed by atoms with van der Waals surface area (Å²) in [5.41, 5.74) is 4.10. The zero-order chi connectivity index (χ0) is 26.6. The molecule has 194 valence electrons. The van der Waals surface area contributed by atoms with E-state index in [1.54, 1.807) is 23.1 Å². The summed E-state index contributed by atoms with van der Waals surface area (Å²) >= 11 is 12.5. The third-order valence-electron chi connectivity index (χ3n) is 6.69. The fraction of sp³-hybridized carbons (Fsp3) is 0.200. The monoisotopic (exact) mass is 546 g/mol. The standard InChI is InChI=1S/C30H28Cl2N4O2/c1-2-3-18-34(30(38)33-23-14-9-13-22(31)28(23)32)20-27(37)36-25-16-8-7-15-24(25)35-19-10-17-26(35)29(36)21-11-5-4-6-12-21/h4-17,19,29H,2-3,18,20H2,1H3,(H,33,38). The van der Waals surface area contributed by atoms with Crippen LogP contribution in [0.4, 0.5) is 16.2 Å². The highest BCUT2D eigenvalue weighted by Gasteiger charge is 2.36. The average Bonchev–Trinajstić information content (AvgIpc) is 3.43. The van der Waals surface area contributed by atoms with Gasteiger partial charge in [-0.3, -0.25) is 9.69 Å². The molecule has 0 aliphatic carbocycles. The molecule has 1 N–H and O–H groups in total. The number of unbranched alkanes of at least 4 members (excludes halogenated alkanes) is 1. The number of hydrogen-bond acceptors (Lipinski definition) is 2. The van der Waals surface area contributed by atoms with Crippen LogP contribution in [-0.2, 0) is 4.79 Å². The number of urea groups is 1. The van der Waals surface area contributed by atoms with Crippen molar-refractivity contribution in [3.8, 4) is 5.69 Å². The van der Waals surface area contributed by atoms with Crippen LogP contribution >= 0.6 is 23.2 Å². The largest absolute Gasteiger partial charge is 0.322 e. The van der Waals surface area contributed by atoms with Gasteiger partial charge in [-0.05, 0) is 48.4 Å². The highest BCUT2D eigenvalue weighted by atomic mass is 35.5. The smallest absolute Gasteiger partial charge is 0.316 e. The number of aromatic nitrogens is 1. The van der Waals surface area contributed by atoms with E-state index < -0.39 is 6.03 Å². The minimum Gasteiger partial charge on any atom is -0.316 e. The predicted octanol–water partition coefficient (Wildman–Crippen LogP) is 7.55. The van der Waals surface area contributed by atoms with Crippen molar-refractivity contribution in [2.75, 3.05) is 23.3 Å². The lowest BCUT2D eigenvalue weighted by molar-refractivity contribution is -0.119. The Balaban J connectivity index is 1.50. The molecule has 38 heavy (non-hydrogen) atoms. The van der Waals surface area contributed by atoms with E-state index in [0.717, 1.165) is 35.5 Å². The number of nitrogens with zero attached hydrogens (tertiary/aromatic N) is 3. The molecule has 2 heterocycles. The van der Waals surface area contributed by atoms with Crippen LogP contribution in [0.2, 0.25) is 10.0 Å². The number of carbonyl (C=O) groups is 2. The van der Waals surface area contributed by atoms with Gasteiger partial charge in [0.2, 0.25) is 5.91 Å². The maximum absolute atomic E-state index is 14.2. The second-order valence-electron chi connectivity index (χ2n) is 9.18. The summed E-state index contributed by atoms with van der Waals surface area (Å²) in [6.45, 7) is 2.38. The van der Waals surface area contributed by atoms with E-state index in [4.69, 9.17) is 23.2 Å². The lowest BCUT2D eigenvalue weighted by atomic mass is 9.97. The summed E-state index contributed by atoms with van der Waals surface area (Å²) in [4.78, 5) is 30.9. The van der Waals surface area contributed by atoms with Crippen LogP contribution in [0.15, 0.2) is 91.1 Å². The number of anilines is 2. The van der Waals surface area contributed by atoms with Crippen LogP contribution in [0.5, 0.6) is 0 Å². The van der Waals surface area contributed by atoms with E-state index in [2.05, 4.69) is 9.88 Å². The Kier molecular flexibility index (Phi) is 7.72. The van der Waals surface area contributed by atoms with Crippen molar-refractivity contribution >= 4 is 46.5 Å². The van der Waals surface area contributed by atoms with Gasteiger partial charge < -0.3 is 14.8 Å². The Bertz CT molecular complexity index is 1450. The van der Waals surface area contributed by atoms with Gasteiger partial charge in [0.15, 0.2) is 0 Å². The average molecular weight is 547 g/mol. The Hall–Kier alpha value is -3.74. The van der Waals surface area contributed by atoms with Gasteiger partial charge in [0.05, 0.1) is 32.8 Å². The first-order chi connectivity index (χ1) is 18.5. The van der Waals surface area contributed by atoms with Crippen molar-refractivity contribution in [1.82, 2.24) is 9.47 Å². The van der Waals surface area contributed by atoms with E-state index >= 15 is 0 Å². The van der Waals surface area contributed by atoms with Gasteiger partial charge in [0.25, 0.3) is 0 Å². The second-order valence-corrected chi connectivity index (χ2v) is 9.96. The molecule has 4 aromatic rings. The van der Waals surface area contributed by atoms with Crippen LogP contribution in [-0.4, -0.2) is 34.5 Å². The van der Waals surface area contributed by atoms with Crippen LogP contribution in [0.25, 0.3) is 5.69 Å². The van der Waals surface area contributed by atoms with Gasteiger partial charge in [0, 0.05) is 12.7 Å². The van der Waals surface area contributed by atoms with Crippen molar-refractivity contribution in [3.05, 3.63) is 112 Å². The van der Waals surface area contributed by atoms with Gasteiger partial charge in [0.1, 0.15) is 12.6 Å². The first-order valence-electron chi connectivity index (χ1n) is 12.6. The quantitative estimate of drug-likeness (QED) is 0.260. The topological polar surface area (TPSA) is 57.6 Å². The van der Waals surface area contributed by atoms with Crippen LogP contribution in [0.1, 0.15) is 37.1 Å². The normalized spacial score (nSPS) is 14.0. The van der Waals surface area contributed by atoms with E-state index in [9.17, 15) is 9.59 Å². The third-order valence-corrected chi connectivity index (χ3v) is 7.51. The number of fused-ring (bicyclic) bond motifs is 3. The Morgan fingerprint density at radius 1 is 0.895 bits per heavy atom. The number of hydrogen-bond donors (Lipinski definition) is 1. The number of halogens is 2. The molecule has 1 aliphatic heterocycles. The number of rotatable bonds is 7. The first-order valence-corrected chi connectivity index (χ1v) is 13.4. The Morgan fingerprint density at radius 2 is 1.63 bits per heavy atom. The molecule has 3 amide bonds. The summed E-state index contributed by atoms with van der Waals surface area (Å²) in [6.07, 6.45) is 3.65. The van der Waals surface area contributed by atoms with Crippen LogP contribution in [0, 0.1) is 0 Å².